The zero-order chi connectivity index (χ0) is 13.1. The number of hydrogen-bond donors (Lipinski definition) is 1. The number of rotatable bonds is 5. The molecular weight excluding hydrogens is 230 g/mol. The Morgan fingerprint density at radius 1 is 1.17 bits per heavy atom. The molecule has 1 N–H and O–H groups in total. The third-order valence-corrected chi connectivity index (χ3v) is 3.49. The molecule has 3 atom stereocenters. The van der Waals surface area contributed by atoms with E-state index in [-0.39, 0.29) is 18.2 Å². The second kappa shape index (κ2) is 5.59. The summed E-state index contributed by atoms with van der Waals surface area (Å²) in [7, 11) is 1.73. The second-order valence-electron chi connectivity index (χ2n) is 4.73. The van der Waals surface area contributed by atoms with E-state index < -0.39 is 0 Å². The van der Waals surface area contributed by atoms with Crippen LogP contribution in [0.15, 0.2) is 18.2 Å². The fourth-order valence-electron chi connectivity index (χ4n) is 2.01. The second-order valence-corrected chi connectivity index (χ2v) is 4.73. The smallest absolute Gasteiger partial charge is 0.231 e. The normalized spacial score (nSPS) is 18.4. The molecule has 0 fully saturated rings. The predicted molar refractivity (Wildman–Crippen MR) is 70.0 cm³/mol. The maximum atomic E-state index is 5.39. The Morgan fingerprint density at radius 3 is 2.61 bits per heavy atom. The van der Waals surface area contributed by atoms with Crippen LogP contribution in [0.3, 0.4) is 0 Å². The number of ether oxygens (including phenoxy) is 3. The van der Waals surface area contributed by atoms with Crippen LogP contribution < -0.4 is 14.8 Å². The minimum Gasteiger partial charge on any atom is -0.454 e. The van der Waals surface area contributed by atoms with Crippen LogP contribution in [0.4, 0.5) is 0 Å². The van der Waals surface area contributed by atoms with Crippen molar-refractivity contribution in [1.82, 2.24) is 5.32 Å². The summed E-state index contributed by atoms with van der Waals surface area (Å²) in [4.78, 5) is 0. The molecule has 1 aromatic rings. The van der Waals surface area contributed by atoms with Gasteiger partial charge in [0.25, 0.3) is 0 Å². The molecule has 0 bridgehead atoms. The Labute approximate surface area is 108 Å². The van der Waals surface area contributed by atoms with Gasteiger partial charge in [0.2, 0.25) is 6.79 Å². The van der Waals surface area contributed by atoms with Crippen LogP contribution in [0.25, 0.3) is 0 Å². The first-order chi connectivity index (χ1) is 8.61. The summed E-state index contributed by atoms with van der Waals surface area (Å²) in [6.45, 7) is 6.63. The molecule has 18 heavy (non-hydrogen) atoms. The number of benzene rings is 1. The zero-order valence-corrected chi connectivity index (χ0v) is 11.4. The van der Waals surface area contributed by atoms with E-state index >= 15 is 0 Å². The van der Waals surface area contributed by atoms with Crippen LogP contribution in [-0.2, 0) is 4.74 Å². The van der Waals surface area contributed by atoms with Gasteiger partial charge >= 0.3 is 0 Å². The van der Waals surface area contributed by atoms with E-state index in [0.717, 1.165) is 11.5 Å². The van der Waals surface area contributed by atoms with Crippen LogP contribution >= 0.6 is 0 Å². The molecule has 0 aliphatic carbocycles. The van der Waals surface area contributed by atoms with Crippen molar-refractivity contribution < 1.29 is 14.2 Å². The lowest BCUT2D eigenvalue weighted by atomic mass is 10.1. The molecule has 4 heteroatoms. The Kier molecular flexibility index (Phi) is 4.09. The maximum absolute atomic E-state index is 5.39. The molecule has 1 aliphatic rings. The van der Waals surface area contributed by atoms with Gasteiger partial charge in [-0.05, 0) is 38.5 Å². The maximum Gasteiger partial charge on any atom is 0.231 e. The standard InChI is InChI=1S/C14H21NO3/c1-9(11(3)16-4)15-10(2)12-5-6-13-14(7-12)18-8-17-13/h5-7,9-11,15H,8H2,1-4H3. The Balaban J connectivity index is 2.03. The zero-order valence-electron chi connectivity index (χ0n) is 11.4. The Bertz CT molecular complexity index is 408. The van der Waals surface area contributed by atoms with Crippen molar-refractivity contribution in [3.05, 3.63) is 23.8 Å². The average molecular weight is 251 g/mol. The topological polar surface area (TPSA) is 39.7 Å². The van der Waals surface area contributed by atoms with Crippen LogP contribution in [0.5, 0.6) is 11.5 Å². The van der Waals surface area contributed by atoms with Crippen molar-refractivity contribution in [2.45, 2.75) is 39.0 Å². The molecule has 0 aromatic heterocycles. The molecule has 100 valence electrons. The molecule has 1 aliphatic heterocycles. The first-order valence-corrected chi connectivity index (χ1v) is 6.30. The molecule has 0 spiro atoms. The summed E-state index contributed by atoms with van der Waals surface area (Å²) in [6, 6.07) is 6.59. The number of nitrogens with one attached hydrogen (secondary N) is 1. The van der Waals surface area contributed by atoms with Crippen LogP contribution in [0.2, 0.25) is 0 Å². The van der Waals surface area contributed by atoms with E-state index in [9.17, 15) is 0 Å². The average Bonchev–Trinajstić information content (AvgIpc) is 2.84. The molecule has 3 unspecified atom stereocenters. The Morgan fingerprint density at radius 2 is 1.89 bits per heavy atom. The van der Waals surface area contributed by atoms with E-state index in [0.29, 0.717) is 6.79 Å². The van der Waals surface area contributed by atoms with E-state index in [1.54, 1.807) is 7.11 Å². The summed E-state index contributed by atoms with van der Waals surface area (Å²) in [5.74, 6) is 1.65. The molecule has 0 saturated heterocycles. The van der Waals surface area contributed by atoms with Gasteiger partial charge in [0.15, 0.2) is 11.5 Å². The fraction of sp³-hybridized carbons (Fsp3) is 0.571. The SMILES string of the molecule is COC(C)C(C)NC(C)c1ccc2c(c1)OCO2. The third-order valence-electron chi connectivity index (χ3n) is 3.49. The summed E-state index contributed by atoms with van der Waals surface area (Å²) in [5, 5.41) is 3.52. The molecule has 1 aromatic carbocycles. The van der Waals surface area contributed by atoms with Crippen molar-refractivity contribution >= 4 is 0 Å². The molecule has 2 rings (SSSR count). The molecule has 0 amide bonds. The lowest BCUT2D eigenvalue weighted by Crippen LogP contribution is -2.38. The highest BCUT2D eigenvalue weighted by Gasteiger charge is 2.18. The van der Waals surface area contributed by atoms with Crippen molar-refractivity contribution in [2.24, 2.45) is 0 Å². The molecule has 1 heterocycles. The van der Waals surface area contributed by atoms with Crippen molar-refractivity contribution in [3.8, 4) is 11.5 Å². The lowest BCUT2D eigenvalue weighted by Gasteiger charge is -2.24. The van der Waals surface area contributed by atoms with Gasteiger partial charge in [-0.3, -0.25) is 0 Å². The summed E-state index contributed by atoms with van der Waals surface area (Å²) in [6.07, 6.45) is 0.182. The van der Waals surface area contributed by atoms with Crippen molar-refractivity contribution in [2.75, 3.05) is 13.9 Å². The number of fused-ring (bicyclic) bond motifs is 1. The number of hydrogen-bond acceptors (Lipinski definition) is 4. The van der Waals surface area contributed by atoms with Crippen molar-refractivity contribution in [3.63, 3.8) is 0 Å². The van der Waals surface area contributed by atoms with Gasteiger partial charge in [0.05, 0.1) is 6.10 Å². The highest BCUT2D eigenvalue weighted by Crippen LogP contribution is 2.34. The largest absolute Gasteiger partial charge is 0.454 e. The van der Waals surface area contributed by atoms with Crippen LogP contribution in [0.1, 0.15) is 32.4 Å². The van der Waals surface area contributed by atoms with E-state index in [1.807, 2.05) is 12.1 Å². The summed E-state index contributed by atoms with van der Waals surface area (Å²) >= 11 is 0. The fourth-order valence-corrected chi connectivity index (χ4v) is 2.01. The van der Waals surface area contributed by atoms with Gasteiger partial charge in [-0.15, -0.1) is 0 Å². The van der Waals surface area contributed by atoms with E-state index in [1.165, 1.54) is 5.56 Å². The minimum atomic E-state index is 0.182. The summed E-state index contributed by atoms with van der Waals surface area (Å²) in [5.41, 5.74) is 1.19. The first kappa shape index (κ1) is 13.2. The van der Waals surface area contributed by atoms with Gasteiger partial charge in [-0.1, -0.05) is 6.07 Å². The quantitative estimate of drug-likeness (QED) is 0.872. The Hall–Kier alpha value is -1.26. The van der Waals surface area contributed by atoms with Gasteiger partial charge < -0.3 is 19.5 Å². The predicted octanol–water partition coefficient (Wildman–Crippen LogP) is 2.49. The summed E-state index contributed by atoms with van der Waals surface area (Å²) < 4.78 is 16.0. The van der Waals surface area contributed by atoms with Crippen LogP contribution in [0, 0.1) is 0 Å². The number of methoxy groups -OCH3 is 1. The highest BCUT2D eigenvalue weighted by molar-refractivity contribution is 5.45. The lowest BCUT2D eigenvalue weighted by molar-refractivity contribution is 0.0852. The highest BCUT2D eigenvalue weighted by atomic mass is 16.7. The van der Waals surface area contributed by atoms with E-state index in [2.05, 4.69) is 32.2 Å². The van der Waals surface area contributed by atoms with Crippen LogP contribution in [-0.4, -0.2) is 26.0 Å². The van der Waals surface area contributed by atoms with Crippen molar-refractivity contribution in [1.29, 1.82) is 0 Å². The molecule has 0 saturated carbocycles. The molecule has 0 radical (unpaired) electrons. The van der Waals surface area contributed by atoms with Gasteiger partial charge in [-0.25, -0.2) is 0 Å². The van der Waals surface area contributed by atoms with Gasteiger partial charge in [-0.2, -0.15) is 0 Å². The molecular formula is C14H21NO3. The third kappa shape index (κ3) is 2.76. The monoisotopic (exact) mass is 251 g/mol. The van der Waals surface area contributed by atoms with Gasteiger partial charge in [0.1, 0.15) is 0 Å². The van der Waals surface area contributed by atoms with E-state index in [4.69, 9.17) is 14.2 Å². The first-order valence-electron chi connectivity index (χ1n) is 6.30. The minimum absolute atomic E-state index is 0.182. The molecule has 4 nitrogen and oxygen atoms in total. The van der Waals surface area contributed by atoms with Gasteiger partial charge in [0, 0.05) is 19.2 Å².